The summed E-state index contributed by atoms with van der Waals surface area (Å²) in [6.07, 6.45) is 5.68. The van der Waals surface area contributed by atoms with Crippen LogP contribution < -0.4 is 10.6 Å². The Bertz CT molecular complexity index is 1090. The monoisotopic (exact) mass is 471 g/mol. The normalized spacial score (nSPS) is 15.8. The lowest BCUT2D eigenvalue weighted by Crippen LogP contribution is -2.38. The van der Waals surface area contributed by atoms with Crippen LogP contribution in [0.15, 0.2) is 53.4 Å². The van der Waals surface area contributed by atoms with Crippen LogP contribution in [0.2, 0.25) is 0 Å². The van der Waals surface area contributed by atoms with Gasteiger partial charge in [0.05, 0.1) is 16.1 Å². The van der Waals surface area contributed by atoms with Crippen molar-refractivity contribution in [2.24, 2.45) is 0 Å². The van der Waals surface area contributed by atoms with Crippen molar-refractivity contribution in [3.8, 4) is 0 Å². The molecule has 178 valence electrons. The molecule has 0 aromatic heterocycles. The number of carbonyl (C=O) groups is 2. The van der Waals surface area contributed by atoms with Crippen LogP contribution in [-0.4, -0.2) is 43.7 Å². The van der Waals surface area contributed by atoms with Crippen molar-refractivity contribution in [2.75, 3.05) is 12.4 Å². The molecule has 2 aromatic rings. The smallest absolute Gasteiger partial charge is 0.255 e. The number of sulfonamides is 1. The fourth-order valence-corrected chi connectivity index (χ4v) is 5.46. The molecule has 8 heteroatoms. The lowest BCUT2D eigenvalue weighted by atomic mass is 9.96. The van der Waals surface area contributed by atoms with Crippen molar-refractivity contribution in [3.63, 3.8) is 0 Å². The number of rotatable bonds is 8. The molecule has 0 aliphatic heterocycles. The van der Waals surface area contributed by atoms with E-state index in [2.05, 4.69) is 10.6 Å². The Morgan fingerprint density at radius 1 is 1.03 bits per heavy atom. The molecule has 0 radical (unpaired) electrons. The van der Waals surface area contributed by atoms with E-state index in [9.17, 15) is 18.0 Å². The maximum Gasteiger partial charge on any atom is 0.255 e. The van der Waals surface area contributed by atoms with Crippen LogP contribution in [0.1, 0.15) is 73.1 Å². The number of nitrogens with one attached hydrogen (secondary N) is 2. The maximum atomic E-state index is 13.2. The molecule has 0 saturated heterocycles. The molecule has 0 spiro atoms. The molecule has 7 nitrogen and oxygen atoms in total. The van der Waals surface area contributed by atoms with Crippen molar-refractivity contribution in [1.82, 2.24) is 9.62 Å². The molecule has 33 heavy (non-hydrogen) atoms. The summed E-state index contributed by atoms with van der Waals surface area (Å²) in [6.45, 7) is 3.89. The third kappa shape index (κ3) is 6.00. The molecule has 1 atom stereocenters. The number of anilines is 1. The first-order valence-corrected chi connectivity index (χ1v) is 13.0. The van der Waals surface area contributed by atoms with Gasteiger partial charge in [0.25, 0.3) is 11.8 Å². The fraction of sp³-hybridized carbons (Fsp3) is 0.440. The fourth-order valence-electron chi connectivity index (χ4n) is 3.99. The summed E-state index contributed by atoms with van der Waals surface area (Å²) >= 11 is 0. The van der Waals surface area contributed by atoms with E-state index in [-0.39, 0.29) is 28.4 Å². The first kappa shape index (κ1) is 24.9. The average molecular weight is 472 g/mol. The molecule has 1 saturated carbocycles. The van der Waals surface area contributed by atoms with Crippen LogP contribution in [0.25, 0.3) is 0 Å². The standard InChI is InChI=1S/C25H33N3O4S/c1-4-18(2)26-25(30)22-15-8-9-16-23(22)27-24(29)19-11-10-14-21(17-19)33(31,32)28(3)20-12-6-5-7-13-20/h8-11,14-18,20H,4-7,12-13H2,1-3H3,(H,26,30)(H,27,29). The Hall–Kier alpha value is -2.71. The summed E-state index contributed by atoms with van der Waals surface area (Å²) < 4.78 is 27.8. The second-order valence-electron chi connectivity index (χ2n) is 8.62. The summed E-state index contributed by atoms with van der Waals surface area (Å²) in [5.74, 6) is -0.748. The van der Waals surface area contributed by atoms with E-state index >= 15 is 0 Å². The predicted octanol–water partition coefficient (Wildman–Crippen LogP) is 4.42. The Labute approximate surface area is 196 Å². The molecule has 2 N–H and O–H groups in total. The molecule has 0 heterocycles. The number of para-hydroxylation sites is 1. The van der Waals surface area contributed by atoms with Gasteiger partial charge in [0.2, 0.25) is 10.0 Å². The van der Waals surface area contributed by atoms with E-state index in [1.165, 1.54) is 16.4 Å². The average Bonchev–Trinajstić information content (AvgIpc) is 2.84. The van der Waals surface area contributed by atoms with Gasteiger partial charge in [-0.1, -0.05) is 44.4 Å². The first-order chi connectivity index (χ1) is 15.7. The highest BCUT2D eigenvalue weighted by Gasteiger charge is 2.29. The van der Waals surface area contributed by atoms with Gasteiger partial charge >= 0.3 is 0 Å². The summed E-state index contributed by atoms with van der Waals surface area (Å²) in [5, 5.41) is 5.66. The van der Waals surface area contributed by atoms with E-state index in [0.29, 0.717) is 11.3 Å². The Morgan fingerprint density at radius 3 is 2.42 bits per heavy atom. The van der Waals surface area contributed by atoms with Crippen molar-refractivity contribution in [1.29, 1.82) is 0 Å². The molecule has 1 aliphatic carbocycles. The Morgan fingerprint density at radius 2 is 1.73 bits per heavy atom. The highest BCUT2D eigenvalue weighted by Crippen LogP contribution is 2.27. The van der Waals surface area contributed by atoms with Crippen LogP contribution in [0.3, 0.4) is 0 Å². The summed E-state index contributed by atoms with van der Waals surface area (Å²) in [5.41, 5.74) is 0.938. The van der Waals surface area contributed by atoms with Gasteiger partial charge < -0.3 is 10.6 Å². The molecule has 2 amide bonds. The van der Waals surface area contributed by atoms with Gasteiger partial charge in [-0.25, -0.2) is 8.42 Å². The largest absolute Gasteiger partial charge is 0.350 e. The molecule has 1 unspecified atom stereocenters. The zero-order valence-electron chi connectivity index (χ0n) is 19.5. The van der Waals surface area contributed by atoms with Crippen molar-refractivity contribution in [2.45, 2.75) is 69.4 Å². The van der Waals surface area contributed by atoms with Gasteiger partial charge in [0.1, 0.15) is 0 Å². The zero-order chi connectivity index (χ0) is 24.0. The minimum absolute atomic E-state index is 0.00398. The second-order valence-corrected chi connectivity index (χ2v) is 10.6. The summed E-state index contributed by atoms with van der Waals surface area (Å²) in [6, 6.07) is 12.8. The number of hydrogen-bond acceptors (Lipinski definition) is 4. The number of carbonyl (C=O) groups excluding carboxylic acids is 2. The highest BCUT2D eigenvalue weighted by molar-refractivity contribution is 7.89. The number of hydrogen-bond donors (Lipinski definition) is 2. The second kappa shape index (κ2) is 10.9. The van der Waals surface area contributed by atoms with E-state index in [1.807, 2.05) is 13.8 Å². The quantitative estimate of drug-likeness (QED) is 0.596. The van der Waals surface area contributed by atoms with Gasteiger partial charge in [-0.3, -0.25) is 9.59 Å². The highest BCUT2D eigenvalue weighted by atomic mass is 32.2. The van der Waals surface area contributed by atoms with Crippen LogP contribution in [0.4, 0.5) is 5.69 Å². The maximum absolute atomic E-state index is 13.2. The third-order valence-corrected chi connectivity index (χ3v) is 8.18. The van der Waals surface area contributed by atoms with E-state index in [1.54, 1.807) is 43.4 Å². The molecular formula is C25H33N3O4S. The molecule has 1 fully saturated rings. The lowest BCUT2D eigenvalue weighted by Gasteiger charge is -2.30. The number of nitrogens with zero attached hydrogens (tertiary/aromatic N) is 1. The number of amides is 2. The molecule has 2 aromatic carbocycles. The molecule has 3 rings (SSSR count). The van der Waals surface area contributed by atoms with Gasteiger partial charge in [0.15, 0.2) is 0 Å². The molecule has 1 aliphatic rings. The van der Waals surface area contributed by atoms with Crippen molar-refractivity contribution in [3.05, 3.63) is 59.7 Å². The van der Waals surface area contributed by atoms with Crippen molar-refractivity contribution >= 4 is 27.5 Å². The lowest BCUT2D eigenvalue weighted by molar-refractivity contribution is 0.0940. The topological polar surface area (TPSA) is 95.6 Å². The summed E-state index contributed by atoms with van der Waals surface area (Å²) in [7, 11) is -2.10. The van der Waals surface area contributed by atoms with E-state index in [0.717, 1.165) is 38.5 Å². The third-order valence-electron chi connectivity index (χ3n) is 6.27. The first-order valence-electron chi connectivity index (χ1n) is 11.5. The Balaban J connectivity index is 1.80. The van der Waals surface area contributed by atoms with Gasteiger partial charge in [0, 0.05) is 24.7 Å². The minimum atomic E-state index is -3.72. The van der Waals surface area contributed by atoms with Crippen LogP contribution in [0, 0.1) is 0 Å². The van der Waals surface area contributed by atoms with Gasteiger partial charge in [-0.05, 0) is 56.5 Å². The number of benzene rings is 2. The van der Waals surface area contributed by atoms with Crippen LogP contribution in [-0.2, 0) is 10.0 Å². The van der Waals surface area contributed by atoms with Crippen molar-refractivity contribution < 1.29 is 18.0 Å². The Kier molecular flexibility index (Phi) is 8.26. The SMILES string of the molecule is CCC(C)NC(=O)c1ccccc1NC(=O)c1cccc(S(=O)(=O)N(C)C2CCCCC2)c1. The zero-order valence-corrected chi connectivity index (χ0v) is 20.3. The van der Waals surface area contributed by atoms with Crippen LogP contribution >= 0.6 is 0 Å². The van der Waals surface area contributed by atoms with Gasteiger partial charge in [-0.2, -0.15) is 4.31 Å². The van der Waals surface area contributed by atoms with E-state index < -0.39 is 15.9 Å². The van der Waals surface area contributed by atoms with E-state index in [4.69, 9.17) is 0 Å². The molecule has 0 bridgehead atoms. The van der Waals surface area contributed by atoms with Crippen LogP contribution in [0.5, 0.6) is 0 Å². The minimum Gasteiger partial charge on any atom is -0.350 e. The molecular weight excluding hydrogens is 438 g/mol. The predicted molar refractivity (Wildman–Crippen MR) is 130 cm³/mol. The summed E-state index contributed by atoms with van der Waals surface area (Å²) in [4.78, 5) is 25.7. The van der Waals surface area contributed by atoms with Gasteiger partial charge in [-0.15, -0.1) is 0 Å².